The topological polar surface area (TPSA) is 74.8 Å². The number of benzene rings is 5. The fourth-order valence-corrected chi connectivity index (χ4v) is 9.77. The van der Waals surface area contributed by atoms with Crippen molar-refractivity contribution >= 4 is 66.7 Å². The minimum atomic E-state index is -9.37. The molecule has 4 amide bonds. The van der Waals surface area contributed by atoms with E-state index in [0.29, 0.717) is 0 Å². The highest BCUT2D eigenvalue weighted by Crippen LogP contribution is 2.69. The third-order valence-corrected chi connectivity index (χ3v) is 14.6. The second-order valence-corrected chi connectivity index (χ2v) is 19.8. The highest BCUT2D eigenvalue weighted by atomic mass is 19.4. The summed E-state index contributed by atoms with van der Waals surface area (Å²) in [7, 11) is 0. The minimum absolute atomic E-state index is 0.0916. The first-order valence-electron chi connectivity index (χ1n) is 23.7. The Balaban J connectivity index is 1.71. The lowest BCUT2D eigenvalue weighted by atomic mass is 9.76. The van der Waals surface area contributed by atoms with E-state index < -0.39 is 233 Å². The van der Waals surface area contributed by atoms with Crippen molar-refractivity contribution in [3.8, 4) is 0 Å². The number of hydrogen-bond acceptors (Lipinski definition) is 4. The van der Waals surface area contributed by atoms with Crippen LogP contribution in [0.5, 0.6) is 0 Å². The maximum atomic E-state index is 17.2. The molecule has 0 saturated carbocycles. The summed E-state index contributed by atoms with van der Waals surface area (Å²) in [6.07, 6.45) is -17.7. The molecule has 5 aromatic rings. The molecule has 0 saturated heterocycles. The van der Waals surface area contributed by atoms with E-state index in [-0.39, 0.29) is 46.9 Å². The third-order valence-electron chi connectivity index (χ3n) is 14.6. The van der Waals surface area contributed by atoms with Crippen LogP contribution in [0.1, 0.15) is 92.1 Å². The van der Waals surface area contributed by atoms with Crippen molar-refractivity contribution in [2.24, 2.45) is 0 Å². The van der Waals surface area contributed by atoms with E-state index in [2.05, 4.69) is 0 Å². The molecule has 0 N–H and O–H groups in total. The molecule has 6 nitrogen and oxygen atoms in total. The van der Waals surface area contributed by atoms with Gasteiger partial charge in [-0.1, -0.05) is 38.8 Å². The molecule has 2 aliphatic rings. The Kier molecular flexibility index (Phi) is 15.2. The second kappa shape index (κ2) is 19.4. The number of rotatable bonds is 20. The number of hydrogen-bond donors (Lipinski definition) is 0. The predicted molar refractivity (Wildman–Crippen MR) is 227 cm³/mol. The summed E-state index contributed by atoms with van der Waals surface area (Å²) in [5.41, 5.74) is -13.7. The zero-order valence-corrected chi connectivity index (χ0v) is 42.1. The third kappa shape index (κ3) is 8.08. The first-order valence-corrected chi connectivity index (χ1v) is 23.7. The summed E-state index contributed by atoms with van der Waals surface area (Å²) in [6.45, 7) is 0.449. The average molecular weight is 1340 g/mol. The fraction of sp³-hybridized carbons (Fsp3) is 0.500. The predicted octanol–water partition coefficient (Wildman–Crippen LogP) is 17.5. The van der Waals surface area contributed by atoms with Gasteiger partial charge < -0.3 is 0 Å². The van der Waals surface area contributed by atoms with Crippen molar-refractivity contribution in [3.63, 3.8) is 0 Å². The molecule has 0 spiro atoms. The Hall–Kier alpha value is -6.70. The number of amides is 4. The van der Waals surface area contributed by atoms with Gasteiger partial charge in [0, 0.05) is 68.0 Å². The van der Waals surface area contributed by atoms with Crippen molar-refractivity contribution in [2.45, 2.75) is 135 Å². The van der Waals surface area contributed by atoms with Crippen LogP contribution in [0.15, 0.2) is 36.4 Å². The Bertz CT molecular complexity index is 3490. The van der Waals surface area contributed by atoms with E-state index in [1.54, 1.807) is 0 Å². The Morgan fingerprint density at radius 2 is 0.511 bits per heavy atom. The largest absolute Gasteiger partial charge is 0.460 e. The molecule has 2 aliphatic heterocycles. The first-order chi connectivity index (χ1) is 39.2. The Morgan fingerprint density at radius 3 is 0.750 bits per heavy atom. The van der Waals surface area contributed by atoms with Gasteiger partial charge >= 0.3 is 95.3 Å². The highest BCUT2D eigenvalue weighted by Gasteiger charge is 2.97. The van der Waals surface area contributed by atoms with Crippen LogP contribution in [0.3, 0.4) is 0 Å². The minimum Gasteiger partial charge on any atom is -0.274 e. The van der Waals surface area contributed by atoms with E-state index >= 15 is 70.2 Å². The van der Waals surface area contributed by atoms with Crippen molar-refractivity contribution in [1.82, 2.24) is 9.80 Å². The molecule has 488 valence electrons. The molecule has 0 bridgehead atoms. The molecule has 0 unspecified atom stereocenters. The number of imide groups is 2. The number of carbonyl (C=O) groups excluding carboxylic acids is 4. The Labute approximate surface area is 462 Å². The lowest BCUT2D eigenvalue weighted by Crippen LogP contribution is -2.74. The van der Waals surface area contributed by atoms with Crippen LogP contribution < -0.4 is 0 Å². The number of alkyl halides is 34. The lowest BCUT2D eigenvalue weighted by molar-refractivity contribution is -0.462. The van der Waals surface area contributed by atoms with Crippen molar-refractivity contribution in [3.05, 3.63) is 69.8 Å². The molecular weight excluding hydrogens is 1310 g/mol. The van der Waals surface area contributed by atoms with E-state index in [0.717, 1.165) is 0 Å². The number of carbonyl (C=O) groups is 4. The number of fused-ring (bicyclic) bond motifs is 2. The molecule has 7 rings (SSSR count). The number of unbranched alkanes of at least 4 members (excludes halogenated alkanes) is 2. The smallest absolute Gasteiger partial charge is 0.274 e. The zero-order valence-electron chi connectivity index (χ0n) is 42.1. The quantitative estimate of drug-likeness (QED) is 0.0337. The van der Waals surface area contributed by atoms with E-state index in [9.17, 15) is 98.2 Å². The van der Waals surface area contributed by atoms with Gasteiger partial charge in [0.2, 0.25) is 0 Å². The molecule has 88 heavy (non-hydrogen) atoms. The zero-order chi connectivity index (χ0) is 68.0. The van der Waals surface area contributed by atoms with Crippen LogP contribution in [0.2, 0.25) is 0 Å². The first kappa shape index (κ1) is 68.8. The van der Waals surface area contributed by atoms with Crippen LogP contribution in [-0.2, 0) is 11.8 Å². The van der Waals surface area contributed by atoms with Gasteiger partial charge in [-0.15, -0.1) is 0 Å². The lowest BCUT2D eigenvalue weighted by Gasteiger charge is -2.43. The van der Waals surface area contributed by atoms with Gasteiger partial charge in [-0.2, -0.15) is 149 Å². The maximum Gasteiger partial charge on any atom is 0.460 e. The molecule has 2 heterocycles. The molecule has 0 atom stereocenters. The van der Waals surface area contributed by atoms with E-state index in [4.69, 9.17) is 0 Å². The monoisotopic (exact) mass is 1340 g/mol. The second-order valence-electron chi connectivity index (χ2n) is 19.8. The molecule has 0 fully saturated rings. The van der Waals surface area contributed by atoms with Crippen LogP contribution in [-0.4, -0.2) is 130 Å². The summed E-state index contributed by atoms with van der Waals surface area (Å²) >= 11 is 0. The normalized spacial score (nSPS) is 16.7. The van der Waals surface area contributed by atoms with Crippen LogP contribution in [0.4, 0.5) is 149 Å². The maximum absolute atomic E-state index is 17.2. The molecule has 0 aliphatic carbocycles. The van der Waals surface area contributed by atoms with Crippen LogP contribution >= 0.6 is 0 Å². The van der Waals surface area contributed by atoms with Gasteiger partial charge in [-0.3, -0.25) is 29.0 Å². The summed E-state index contributed by atoms with van der Waals surface area (Å²) in [5, 5.41) is -16.8. The van der Waals surface area contributed by atoms with Gasteiger partial charge in [0.05, 0.1) is 0 Å². The fourth-order valence-electron chi connectivity index (χ4n) is 9.77. The van der Waals surface area contributed by atoms with E-state index in [1.165, 1.54) is 13.8 Å². The van der Waals surface area contributed by atoms with E-state index in [1.807, 2.05) is 0 Å². The number of nitrogens with zero attached hydrogens (tertiary/aromatic N) is 2. The van der Waals surface area contributed by atoms with Gasteiger partial charge in [-0.05, 0) is 58.7 Å². The molecule has 5 aromatic carbocycles. The average Bonchev–Trinajstić information content (AvgIpc) is 0.952. The molecule has 0 radical (unpaired) electrons. The molecule has 40 heteroatoms. The summed E-state index contributed by atoms with van der Waals surface area (Å²) < 4.78 is 506. The van der Waals surface area contributed by atoms with Crippen molar-refractivity contribution in [2.75, 3.05) is 13.1 Å². The van der Waals surface area contributed by atoms with Crippen molar-refractivity contribution in [1.29, 1.82) is 0 Å². The van der Waals surface area contributed by atoms with Crippen LogP contribution in [0, 0.1) is 0 Å². The summed E-state index contributed by atoms with van der Waals surface area (Å²) in [6, 6.07) is -2.08. The molecule has 0 aromatic heterocycles. The standard InChI is InChI=1S/C48H24F34N2O4/c1-3-5-11-83-29(85)17-9-7-15-26-22(34(51,52)36(55,56)38(59,60)40(63,64)42(67,68)44(71,72)46(75,76)48(80,81)82)14-20-24-18(30(86)84(32(20)88)12-6-4-2)10-8-16(28(24)26)25-21(13-19(31(83)87)23(17)27(15)25)33(49,50)35(53,54)37(57,58)39(61,62)41(65,66)43(69,70)45(73,74)47(77,78)79/h7-10,13-14H,3-6,11-12H2,1-2H3. The van der Waals surface area contributed by atoms with Gasteiger partial charge in [0.1, 0.15) is 0 Å². The summed E-state index contributed by atoms with van der Waals surface area (Å²) in [4.78, 5) is 55.8. The highest BCUT2D eigenvalue weighted by molar-refractivity contribution is 6.42. The van der Waals surface area contributed by atoms with Gasteiger partial charge in [0.15, 0.2) is 0 Å². The summed E-state index contributed by atoms with van der Waals surface area (Å²) in [5.74, 6) is -133. The van der Waals surface area contributed by atoms with Crippen molar-refractivity contribution < 1.29 is 168 Å². The van der Waals surface area contributed by atoms with Crippen LogP contribution in [0.25, 0.3) is 43.1 Å². The SMILES string of the molecule is CCCCN1C(=O)c2ccc3c4c(C(F)(F)C(F)(F)C(F)(F)C(F)(F)C(F)(F)C(F)(F)C(F)(F)C(F)(F)F)cc5c6c(ccc(c7c(C(F)(F)C(F)(F)C(F)(F)C(F)(F)C(F)(F)C(F)(F)C(F)(F)C(F)(F)F)cc(c2c37)C1=O)c64)C(=O)N(CCCC)C5=O. The van der Waals surface area contributed by atoms with Gasteiger partial charge in [0.25, 0.3) is 23.6 Å². The Morgan fingerprint density at radius 1 is 0.284 bits per heavy atom. The van der Waals surface area contributed by atoms with Gasteiger partial charge in [-0.25, -0.2) is 0 Å². The number of halogens is 34. The molecular formula is C48H24F34N2O4.